The second kappa shape index (κ2) is 6.46. The van der Waals surface area contributed by atoms with Crippen molar-refractivity contribution in [2.24, 2.45) is 5.41 Å². The summed E-state index contributed by atoms with van der Waals surface area (Å²) in [5.74, 6) is 1.30. The molecule has 1 aliphatic rings. The molecule has 3 rings (SSSR count). The number of hydrogen-bond acceptors (Lipinski definition) is 6. The van der Waals surface area contributed by atoms with Crippen LogP contribution in [-0.2, 0) is 16.1 Å². The number of nitrogens with zero attached hydrogens (tertiary/aromatic N) is 1. The van der Waals surface area contributed by atoms with Gasteiger partial charge in [-0.15, -0.1) is 0 Å². The summed E-state index contributed by atoms with van der Waals surface area (Å²) in [6, 6.07) is 7.00. The van der Waals surface area contributed by atoms with Gasteiger partial charge >= 0.3 is 0 Å². The highest BCUT2D eigenvalue weighted by Crippen LogP contribution is 2.32. The molecule has 0 radical (unpaired) electrons. The number of anilines is 1. The van der Waals surface area contributed by atoms with Crippen LogP contribution < -0.4 is 20.1 Å². The van der Waals surface area contributed by atoms with Crippen LogP contribution in [0.3, 0.4) is 0 Å². The molecule has 2 amide bonds. The van der Waals surface area contributed by atoms with Crippen LogP contribution in [-0.4, -0.2) is 23.8 Å². The standard InChI is InChI=1S/C17H19N3O5/c1-10-6-14(20-25-10)19-16(22)17(2,3)15(21)18-8-11-4-5-12-13(7-11)24-9-23-12/h4-7H,8-9H2,1-3H3,(H,18,21)(H,19,20,22). The molecule has 2 aromatic rings. The smallest absolute Gasteiger partial charge is 0.240 e. The molecule has 0 spiro atoms. The highest BCUT2D eigenvalue weighted by atomic mass is 16.7. The first kappa shape index (κ1) is 16.8. The topological polar surface area (TPSA) is 103 Å². The van der Waals surface area contributed by atoms with E-state index in [1.165, 1.54) is 0 Å². The average molecular weight is 345 g/mol. The van der Waals surface area contributed by atoms with Gasteiger partial charge in [-0.2, -0.15) is 0 Å². The minimum Gasteiger partial charge on any atom is -0.454 e. The number of amides is 2. The molecule has 1 aromatic heterocycles. The van der Waals surface area contributed by atoms with Gasteiger partial charge in [0.05, 0.1) is 0 Å². The van der Waals surface area contributed by atoms with Crippen molar-refractivity contribution in [3.63, 3.8) is 0 Å². The summed E-state index contributed by atoms with van der Waals surface area (Å²) >= 11 is 0. The second-order valence-electron chi connectivity index (χ2n) is 6.27. The van der Waals surface area contributed by atoms with Gasteiger partial charge in [-0.05, 0) is 38.5 Å². The second-order valence-corrected chi connectivity index (χ2v) is 6.27. The molecule has 8 nitrogen and oxygen atoms in total. The van der Waals surface area contributed by atoms with Gasteiger partial charge in [0, 0.05) is 12.6 Å². The molecule has 0 saturated heterocycles. The van der Waals surface area contributed by atoms with Crippen molar-refractivity contribution in [3.8, 4) is 11.5 Å². The molecule has 25 heavy (non-hydrogen) atoms. The Balaban J connectivity index is 1.60. The summed E-state index contributed by atoms with van der Waals surface area (Å²) in [4.78, 5) is 24.8. The van der Waals surface area contributed by atoms with E-state index < -0.39 is 17.2 Å². The Hall–Kier alpha value is -3.03. The number of hydrogen-bond donors (Lipinski definition) is 2. The highest BCUT2D eigenvalue weighted by Gasteiger charge is 2.36. The third-order valence-electron chi connectivity index (χ3n) is 3.89. The molecule has 2 N–H and O–H groups in total. The molecule has 132 valence electrons. The fourth-order valence-corrected chi connectivity index (χ4v) is 2.26. The van der Waals surface area contributed by atoms with Gasteiger partial charge in [-0.25, -0.2) is 0 Å². The van der Waals surface area contributed by atoms with Crippen molar-refractivity contribution >= 4 is 17.6 Å². The highest BCUT2D eigenvalue weighted by molar-refractivity contribution is 6.09. The molecule has 1 aliphatic heterocycles. The van der Waals surface area contributed by atoms with Crippen molar-refractivity contribution in [3.05, 3.63) is 35.6 Å². The number of ether oxygens (including phenoxy) is 2. The Morgan fingerprint density at radius 2 is 1.92 bits per heavy atom. The van der Waals surface area contributed by atoms with E-state index in [-0.39, 0.29) is 19.2 Å². The van der Waals surface area contributed by atoms with Gasteiger partial charge in [-0.1, -0.05) is 11.2 Å². The van der Waals surface area contributed by atoms with Gasteiger partial charge < -0.3 is 24.6 Å². The lowest BCUT2D eigenvalue weighted by molar-refractivity contribution is -0.138. The zero-order valence-electron chi connectivity index (χ0n) is 14.2. The lowest BCUT2D eigenvalue weighted by Gasteiger charge is -2.22. The van der Waals surface area contributed by atoms with Crippen LogP contribution in [0.5, 0.6) is 11.5 Å². The Kier molecular flexibility index (Phi) is 4.35. The van der Waals surface area contributed by atoms with Gasteiger partial charge in [0.1, 0.15) is 11.2 Å². The van der Waals surface area contributed by atoms with E-state index in [4.69, 9.17) is 14.0 Å². The molecule has 8 heteroatoms. The molecule has 1 aromatic carbocycles. The SMILES string of the molecule is Cc1cc(NC(=O)C(C)(C)C(=O)NCc2ccc3c(c2)OCO3)no1. The fourth-order valence-electron chi connectivity index (χ4n) is 2.26. The van der Waals surface area contributed by atoms with E-state index >= 15 is 0 Å². The van der Waals surface area contributed by atoms with E-state index in [0.29, 0.717) is 17.3 Å². The Labute approximate surface area is 144 Å². The third-order valence-corrected chi connectivity index (χ3v) is 3.89. The average Bonchev–Trinajstić information content (AvgIpc) is 3.20. The predicted octanol–water partition coefficient (Wildman–Crippen LogP) is 1.99. The number of carbonyl (C=O) groups excluding carboxylic acids is 2. The fraction of sp³-hybridized carbons (Fsp3) is 0.353. The molecule has 0 aliphatic carbocycles. The monoisotopic (exact) mass is 345 g/mol. The maximum Gasteiger partial charge on any atom is 0.240 e. The van der Waals surface area contributed by atoms with Gasteiger partial charge in [-0.3, -0.25) is 9.59 Å². The number of benzene rings is 1. The van der Waals surface area contributed by atoms with Crippen molar-refractivity contribution in [1.29, 1.82) is 0 Å². The summed E-state index contributed by atoms with van der Waals surface area (Å²) in [6.07, 6.45) is 0. The summed E-state index contributed by atoms with van der Waals surface area (Å²) < 4.78 is 15.4. The van der Waals surface area contributed by atoms with Crippen molar-refractivity contribution in [2.75, 3.05) is 12.1 Å². The van der Waals surface area contributed by atoms with Crippen LogP contribution in [0.15, 0.2) is 28.8 Å². The Bertz CT molecular complexity index is 812. The van der Waals surface area contributed by atoms with Crippen LogP contribution in [0.2, 0.25) is 0 Å². The van der Waals surface area contributed by atoms with Crippen LogP contribution >= 0.6 is 0 Å². The van der Waals surface area contributed by atoms with Crippen LogP contribution in [0.4, 0.5) is 5.82 Å². The number of fused-ring (bicyclic) bond motifs is 1. The van der Waals surface area contributed by atoms with Gasteiger partial charge in [0.2, 0.25) is 18.6 Å². The Morgan fingerprint density at radius 1 is 1.16 bits per heavy atom. The summed E-state index contributed by atoms with van der Waals surface area (Å²) in [7, 11) is 0. The van der Waals surface area contributed by atoms with E-state index in [1.54, 1.807) is 39.0 Å². The van der Waals surface area contributed by atoms with Crippen LogP contribution in [0.25, 0.3) is 0 Å². The van der Waals surface area contributed by atoms with E-state index in [0.717, 1.165) is 5.56 Å². The van der Waals surface area contributed by atoms with Crippen molar-refractivity contribution in [1.82, 2.24) is 10.5 Å². The zero-order valence-corrected chi connectivity index (χ0v) is 14.2. The number of carbonyl (C=O) groups is 2. The minimum absolute atomic E-state index is 0.194. The Morgan fingerprint density at radius 3 is 2.64 bits per heavy atom. The molecule has 0 fully saturated rings. The normalized spacial score (nSPS) is 12.8. The summed E-state index contributed by atoms with van der Waals surface area (Å²) in [6.45, 7) is 5.27. The largest absolute Gasteiger partial charge is 0.454 e. The quantitative estimate of drug-likeness (QED) is 0.804. The first-order chi connectivity index (χ1) is 11.9. The number of rotatable bonds is 5. The molecule has 0 saturated carbocycles. The van der Waals surface area contributed by atoms with Crippen molar-refractivity contribution in [2.45, 2.75) is 27.3 Å². The van der Waals surface area contributed by atoms with Crippen molar-refractivity contribution < 1.29 is 23.6 Å². The van der Waals surface area contributed by atoms with E-state index in [2.05, 4.69) is 15.8 Å². The first-order valence-corrected chi connectivity index (χ1v) is 7.78. The maximum atomic E-state index is 12.4. The molecule has 2 heterocycles. The first-order valence-electron chi connectivity index (χ1n) is 7.78. The van der Waals surface area contributed by atoms with Gasteiger partial charge in [0.25, 0.3) is 0 Å². The molecule has 0 bridgehead atoms. The van der Waals surface area contributed by atoms with Crippen LogP contribution in [0.1, 0.15) is 25.2 Å². The van der Waals surface area contributed by atoms with Crippen LogP contribution in [0, 0.1) is 12.3 Å². The molecular formula is C17H19N3O5. The molecule has 0 unspecified atom stereocenters. The lowest BCUT2D eigenvalue weighted by Crippen LogP contribution is -2.44. The van der Waals surface area contributed by atoms with E-state index in [9.17, 15) is 9.59 Å². The third kappa shape index (κ3) is 3.57. The summed E-state index contributed by atoms with van der Waals surface area (Å²) in [5.41, 5.74) is -0.427. The zero-order chi connectivity index (χ0) is 18.0. The predicted molar refractivity (Wildman–Crippen MR) is 88.1 cm³/mol. The summed E-state index contributed by atoms with van der Waals surface area (Å²) in [5, 5.41) is 9.03. The number of aromatic nitrogens is 1. The van der Waals surface area contributed by atoms with Gasteiger partial charge in [0.15, 0.2) is 17.3 Å². The minimum atomic E-state index is -1.27. The maximum absolute atomic E-state index is 12.4. The molecular weight excluding hydrogens is 326 g/mol. The molecule has 0 atom stereocenters. The number of aryl methyl sites for hydroxylation is 1. The van der Waals surface area contributed by atoms with E-state index in [1.807, 2.05) is 6.07 Å². The lowest BCUT2D eigenvalue weighted by atomic mass is 9.91. The number of nitrogens with one attached hydrogen (secondary N) is 2.